The molecule has 9 nitrogen and oxygen atoms in total. The van der Waals surface area contributed by atoms with Gasteiger partial charge in [0, 0.05) is 38.2 Å². The standard InChI is InChI=1S/C31H42F4N4O5/c1-5-22(19-36-24-12-11-23(17-26(24)42-4)44-20-27(40)39-13-15-43-16-14-39)37-29(41)25(18-30(2,3)32)38-28(31(33,34)35)21-9-7-6-8-10-21/h6-12,17,22,25,28,36,38H,5,13-16,18-20H2,1-4H3,(H,37,41)/t22-,25-,28-/m0/s1. The minimum Gasteiger partial charge on any atom is -0.494 e. The second-order valence-electron chi connectivity index (χ2n) is 11.2. The van der Waals surface area contributed by atoms with Crippen molar-refractivity contribution in [2.45, 2.75) is 63.6 Å². The van der Waals surface area contributed by atoms with E-state index in [0.717, 1.165) is 0 Å². The van der Waals surface area contributed by atoms with Gasteiger partial charge in [0.2, 0.25) is 5.91 Å². The first-order valence-corrected chi connectivity index (χ1v) is 14.6. The van der Waals surface area contributed by atoms with Gasteiger partial charge in [-0.15, -0.1) is 0 Å². The molecular formula is C31H42F4N4O5. The molecule has 13 heteroatoms. The van der Waals surface area contributed by atoms with Crippen LogP contribution in [0.1, 0.15) is 45.2 Å². The molecule has 0 bridgehead atoms. The van der Waals surface area contributed by atoms with Crippen LogP contribution in [-0.2, 0) is 14.3 Å². The Morgan fingerprint density at radius 1 is 1.05 bits per heavy atom. The maximum absolute atomic E-state index is 14.7. The molecule has 0 saturated carbocycles. The molecule has 1 fully saturated rings. The summed E-state index contributed by atoms with van der Waals surface area (Å²) >= 11 is 0. The van der Waals surface area contributed by atoms with Crippen molar-refractivity contribution in [3.8, 4) is 11.5 Å². The number of anilines is 1. The maximum Gasteiger partial charge on any atom is 0.407 e. The van der Waals surface area contributed by atoms with Crippen molar-refractivity contribution in [3.63, 3.8) is 0 Å². The van der Waals surface area contributed by atoms with Crippen molar-refractivity contribution in [2.75, 3.05) is 51.9 Å². The van der Waals surface area contributed by atoms with Gasteiger partial charge in [-0.2, -0.15) is 13.2 Å². The van der Waals surface area contributed by atoms with Gasteiger partial charge in [0.15, 0.2) is 6.61 Å². The zero-order chi connectivity index (χ0) is 32.3. The minimum absolute atomic E-state index is 0.0758. The average Bonchev–Trinajstić information content (AvgIpc) is 2.99. The maximum atomic E-state index is 14.7. The first-order chi connectivity index (χ1) is 20.8. The fraction of sp³-hybridized carbons (Fsp3) is 0.548. The molecule has 0 aliphatic carbocycles. The van der Waals surface area contributed by atoms with E-state index >= 15 is 0 Å². The van der Waals surface area contributed by atoms with Crippen LogP contribution in [0.25, 0.3) is 0 Å². The van der Waals surface area contributed by atoms with E-state index in [1.165, 1.54) is 45.2 Å². The summed E-state index contributed by atoms with van der Waals surface area (Å²) in [5.74, 6) is -0.0349. The molecule has 1 heterocycles. The number of hydrogen-bond acceptors (Lipinski definition) is 7. The molecule has 2 aromatic rings. The van der Waals surface area contributed by atoms with Gasteiger partial charge in [-0.25, -0.2) is 4.39 Å². The van der Waals surface area contributed by atoms with Crippen molar-refractivity contribution in [3.05, 3.63) is 54.1 Å². The summed E-state index contributed by atoms with van der Waals surface area (Å²) in [6, 6.07) is 8.04. The number of nitrogens with zero attached hydrogens (tertiary/aromatic N) is 1. The van der Waals surface area contributed by atoms with Crippen LogP contribution < -0.4 is 25.4 Å². The van der Waals surface area contributed by atoms with Crippen LogP contribution in [-0.4, -0.2) is 87.2 Å². The lowest BCUT2D eigenvalue weighted by Crippen LogP contribution is -2.53. The largest absolute Gasteiger partial charge is 0.494 e. The van der Waals surface area contributed by atoms with Crippen molar-refractivity contribution < 1.29 is 41.4 Å². The predicted octanol–water partition coefficient (Wildman–Crippen LogP) is 4.64. The molecule has 1 aliphatic heterocycles. The van der Waals surface area contributed by atoms with Gasteiger partial charge in [-0.1, -0.05) is 37.3 Å². The normalized spacial score (nSPS) is 16.0. The molecule has 2 amide bonds. The average molecular weight is 627 g/mol. The Bertz CT molecular complexity index is 1200. The number of morpholine rings is 1. The lowest BCUT2D eigenvalue weighted by atomic mass is 9.97. The van der Waals surface area contributed by atoms with Crippen LogP contribution in [0.2, 0.25) is 0 Å². The van der Waals surface area contributed by atoms with E-state index < -0.39 is 42.3 Å². The number of methoxy groups -OCH3 is 1. The van der Waals surface area contributed by atoms with E-state index in [9.17, 15) is 27.2 Å². The van der Waals surface area contributed by atoms with Crippen molar-refractivity contribution in [1.82, 2.24) is 15.5 Å². The van der Waals surface area contributed by atoms with E-state index in [2.05, 4.69) is 16.0 Å². The summed E-state index contributed by atoms with van der Waals surface area (Å²) in [5, 5.41) is 8.32. The Labute approximate surface area is 255 Å². The number of carbonyl (C=O) groups is 2. The van der Waals surface area contributed by atoms with Gasteiger partial charge in [0.05, 0.1) is 32.1 Å². The molecule has 44 heavy (non-hydrogen) atoms. The molecule has 3 N–H and O–H groups in total. The molecular weight excluding hydrogens is 584 g/mol. The molecule has 3 rings (SSSR count). The summed E-state index contributed by atoms with van der Waals surface area (Å²) in [6.45, 7) is 6.34. The lowest BCUT2D eigenvalue weighted by Gasteiger charge is -2.31. The quantitative estimate of drug-likeness (QED) is 0.248. The molecule has 2 aromatic carbocycles. The van der Waals surface area contributed by atoms with E-state index in [0.29, 0.717) is 49.9 Å². The fourth-order valence-corrected chi connectivity index (χ4v) is 4.73. The SMILES string of the molecule is CC[C@@H](CNc1ccc(OCC(=O)N2CCOCC2)cc1OC)NC(=O)[C@H](CC(C)(C)F)N[C@@H](c1ccccc1)C(F)(F)F. The number of benzene rings is 2. The molecule has 0 spiro atoms. The van der Waals surface area contributed by atoms with Crippen molar-refractivity contribution in [1.29, 1.82) is 0 Å². The Morgan fingerprint density at radius 3 is 2.32 bits per heavy atom. The van der Waals surface area contributed by atoms with E-state index in [1.807, 2.05) is 6.92 Å². The van der Waals surface area contributed by atoms with Crippen molar-refractivity contribution >= 4 is 17.5 Å². The number of amides is 2. The molecule has 3 atom stereocenters. The van der Waals surface area contributed by atoms with Crippen LogP contribution >= 0.6 is 0 Å². The third-order valence-electron chi connectivity index (χ3n) is 7.11. The van der Waals surface area contributed by atoms with Crippen LogP contribution in [0.3, 0.4) is 0 Å². The Kier molecular flexibility index (Phi) is 12.6. The number of nitrogens with one attached hydrogen (secondary N) is 3. The number of halogens is 4. The van der Waals surface area contributed by atoms with Gasteiger partial charge < -0.3 is 29.7 Å². The highest BCUT2D eigenvalue weighted by atomic mass is 19.4. The number of alkyl halides is 4. The first-order valence-electron chi connectivity index (χ1n) is 14.6. The Hall–Kier alpha value is -3.58. The predicted molar refractivity (Wildman–Crippen MR) is 159 cm³/mol. The third-order valence-corrected chi connectivity index (χ3v) is 7.11. The van der Waals surface area contributed by atoms with Gasteiger partial charge in [0.25, 0.3) is 5.91 Å². The topological polar surface area (TPSA) is 101 Å². The molecule has 244 valence electrons. The zero-order valence-electron chi connectivity index (χ0n) is 25.5. The smallest absolute Gasteiger partial charge is 0.407 e. The summed E-state index contributed by atoms with van der Waals surface area (Å²) in [7, 11) is 1.47. The first kappa shape index (κ1) is 34.9. The molecule has 1 saturated heterocycles. The summed E-state index contributed by atoms with van der Waals surface area (Å²) in [6.07, 6.45) is -4.74. The highest BCUT2D eigenvalue weighted by Gasteiger charge is 2.43. The third kappa shape index (κ3) is 10.8. The second-order valence-corrected chi connectivity index (χ2v) is 11.2. The van der Waals surface area contributed by atoms with Crippen molar-refractivity contribution in [2.24, 2.45) is 0 Å². The minimum atomic E-state index is -4.71. The number of ether oxygens (including phenoxy) is 3. The number of carbonyl (C=O) groups excluding carboxylic acids is 2. The summed E-state index contributed by atoms with van der Waals surface area (Å²) < 4.78 is 73.2. The molecule has 1 aliphatic rings. The zero-order valence-corrected chi connectivity index (χ0v) is 25.5. The molecule has 0 unspecified atom stereocenters. The monoisotopic (exact) mass is 626 g/mol. The Balaban J connectivity index is 1.64. The summed E-state index contributed by atoms with van der Waals surface area (Å²) in [4.78, 5) is 27.3. The van der Waals surface area contributed by atoms with Crippen LogP contribution in [0.15, 0.2) is 48.5 Å². The molecule has 0 aromatic heterocycles. The highest BCUT2D eigenvalue weighted by Crippen LogP contribution is 2.34. The van der Waals surface area contributed by atoms with E-state index in [1.54, 1.807) is 29.2 Å². The van der Waals surface area contributed by atoms with Crippen LogP contribution in [0.5, 0.6) is 11.5 Å². The van der Waals surface area contributed by atoms with E-state index in [4.69, 9.17) is 14.2 Å². The van der Waals surface area contributed by atoms with Gasteiger partial charge in [0.1, 0.15) is 23.2 Å². The molecule has 0 radical (unpaired) electrons. The van der Waals surface area contributed by atoms with Gasteiger partial charge in [-0.05, 0) is 38.0 Å². The van der Waals surface area contributed by atoms with E-state index in [-0.39, 0.29) is 24.6 Å². The fourth-order valence-electron chi connectivity index (χ4n) is 4.73. The van der Waals surface area contributed by atoms with Crippen LogP contribution in [0, 0.1) is 0 Å². The highest BCUT2D eigenvalue weighted by molar-refractivity contribution is 5.82. The van der Waals surface area contributed by atoms with Gasteiger partial charge >= 0.3 is 6.18 Å². The second kappa shape index (κ2) is 15.9. The Morgan fingerprint density at radius 2 is 1.73 bits per heavy atom. The van der Waals surface area contributed by atoms with Crippen LogP contribution in [0.4, 0.5) is 23.2 Å². The number of hydrogen-bond donors (Lipinski definition) is 3. The number of rotatable bonds is 15. The lowest BCUT2D eigenvalue weighted by molar-refractivity contribution is -0.161. The van der Waals surface area contributed by atoms with Gasteiger partial charge in [-0.3, -0.25) is 14.9 Å². The summed E-state index contributed by atoms with van der Waals surface area (Å²) in [5.41, 5.74) is -1.41.